The van der Waals surface area contributed by atoms with Gasteiger partial charge in [0, 0.05) is 4.88 Å². The third-order valence-corrected chi connectivity index (χ3v) is 4.98. The molecule has 2 rings (SSSR count). The van der Waals surface area contributed by atoms with Gasteiger partial charge in [0.2, 0.25) is 0 Å². The Bertz CT molecular complexity index is 587. The molecular weight excluding hydrogens is 370 g/mol. The molecule has 0 saturated heterocycles. The minimum Gasteiger partial charge on any atom is -0.493 e. The summed E-state index contributed by atoms with van der Waals surface area (Å²) in [5.74, 6) is 0.875. The molecule has 5 heteroatoms. The van der Waals surface area contributed by atoms with Gasteiger partial charge >= 0.3 is 0 Å². The molecule has 114 valence electrons. The van der Waals surface area contributed by atoms with Gasteiger partial charge in [0.15, 0.2) is 0 Å². The van der Waals surface area contributed by atoms with Gasteiger partial charge in [-0.3, -0.25) is 0 Å². The van der Waals surface area contributed by atoms with E-state index in [0.29, 0.717) is 6.61 Å². The van der Waals surface area contributed by atoms with Gasteiger partial charge in [-0.2, -0.15) is 0 Å². The average Bonchev–Trinajstić information content (AvgIpc) is 2.89. The van der Waals surface area contributed by atoms with Crippen molar-refractivity contribution in [2.45, 2.75) is 26.3 Å². The van der Waals surface area contributed by atoms with E-state index in [-0.39, 0.29) is 6.04 Å². The van der Waals surface area contributed by atoms with Gasteiger partial charge in [0.25, 0.3) is 0 Å². The first-order valence-corrected chi connectivity index (χ1v) is 9.05. The average molecular weight is 389 g/mol. The molecule has 1 atom stereocenters. The Hall–Kier alpha value is -0.550. The topological polar surface area (TPSA) is 21.3 Å². The number of hydrogen-bond acceptors (Lipinski definition) is 3. The number of hydrogen-bond donors (Lipinski definition) is 1. The maximum atomic E-state index is 6.09. The van der Waals surface area contributed by atoms with Gasteiger partial charge in [-0.15, -0.1) is 11.3 Å². The van der Waals surface area contributed by atoms with Crippen molar-refractivity contribution >= 4 is 38.9 Å². The lowest BCUT2D eigenvalue weighted by molar-refractivity contribution is 0.338. The molecule has 0 bridgehead atoms. The molecule has 0 radical (unpaired) electrons. The SMILES string of the molecule is CCCNC(c1ccc(OCC)c(Br)c1)c1ccc(Cl)s1. The lowest BCUT2D eigenvalue weighted by atomic mass is 10.0. The zero-order valence-electron chi connectivity index (χ0n) is 12.2. The fourth-order valence-electron chi connectivity index (χ4n) is 2.12. The van der Waals surface area contributed by atoms with Crippen LogP contribution in [0.15, 0.2) is 34.8 Å². The van der Waals surface area contributed by atoms with Crippen LogP contribution in [0.5, 0.6) is 5.75 Å². The van der Waals surface area contributed by atoms with Crippen LogP contribution in [0.3, 0.4) is 0 Å². The van der Waals surface area contributed by atoms with Crippen molar-refractivity contribution in [2.24, 2.45) is 0 Å². The van der Waals surface area contributed by atoms with Crippen LogP contribution < -0.4 is 10.1 Å². The summed E-state index contributed by atoms with van der Waals surface area (Å²) in [6, 6.07) is 10.4. The van der Waals surface area contributed by atoms with E-state index in [1.807, 2.05) is 19.1 Å². The highest BCUT2D eigenvalue weighted by Crippen LogP contribution is 2.34. The second-order valence-corrected chi connectivity index (χ2v) is 7.25. The van der Waals surface area contributed by atoms with Gasteiger partial charge in [0.05, 0.1) is 21.5 Å². The molecule has 0 fully saturated rings. The fourth-order valence-corrected chi connectivity index (χ4v) is 3.80. The van der Waals surface area contributed by atoms with E-state index < -0.39 is 0 Å². The van der Waals surface area contributed by atoms with Crippen LogP contribution in [0, 0.1) is 0 Å². The molecule has 1 heterocycles. The summed E-state index contributed by atoms with van der Waals surface area (Å²) in [6.45, 7) is 5.78. The molecule has 0 spiro atoms. The van der Waals surface area contributed by atoms with E-state index in [2.05, 4.69) is 46.4 Å². The second-order valence-electron chi connectivity index (χ2n) is 4.65. The summed E-state index contributed by atoms with van der Waals surface area (Å²) < 4.78 is 7.37. The molecule has 1 N–H and O–H groups in total. The first-order chi connectivity index (χ1) is 10.2. The molecular formula is C16H19BrClNOS. The minimum absolute atomic E-state index is 0.162. The van der Waals surface area contributed by atoms with E-state index in [1.54, 1.807) is 11.3 Å². The number of benzene rings is 1. The summed E-state index contributed by atoms with van der Waals surface area (Å²) in [4.78, 5) is 1.23. The molecule has 2 aromatic rings. The first-order valence-electron chi connectivity index (χ1n) is 7.06. The first kappa shape index (κ1) is 16.8. The van der Waals surface area contributed by atoms with Crippen molar-refractivity contribution in [2.75, 3.05) is 13.2 Å². The predicted octanol–water partition coefficient (Wildman–Crippen LogP) is 5.65. The van der Waals surface area contributed by atoms with Crippen molar-refractivity contribution in [1.29, 1.82) is 0 Å². The third-order valence-electron chi connectivity index (χ3n) is 3.07. The van der Waals surface area contributed by atoms with Crippen LogP contribution in [0.2, 0.25) is 4.34 Å². The number of halogens is 2. The monoisotopic (exact) mass is 387 g/mol. The van der Waals surface area contributed by atoms with Gasteiger partial charge in [-0.25, -0.2) is 0 Å². The number of rotatable bonds is 7. The Morgan fingerprint density at radius 3 is 2.67 bits per heavy atom. The highest BCUT2D eigenvalue weighted by molar-refractivity contribution is 9.10. The van der Waals surface area contributed by atoms with E-state index in [4.69, 9.17) is 16.3 Å². The Morgan fingerprint density at radius 1 is 1.29 bits per heavy atom. The van der Waals surface area contributed by atoms with E-state index >= 15 is 0 Å². The smallest absolute Gasteiger partial charge is 0.133 e. The lowest BCUT2D eigenvalue weighted by Crippen LogP contribution is -2.22. The van der Waals surface area contributed by atoms with Crippen molar-refractivity contribution in [3.05, 3.63) is 49.6 Å². The minimum atomic E-state index is 0.162. The van der Waals surface area contributed by atoms with Gasteiger partial charge in [0.1, 0.15) is 5.75 Å². The van der Waals surface area contributed by atoms with Crippen LogP contribution in [0.25, 0.3) is 0 Å². The molecule has 21 heavy (non-hydrogen) atoms. The van der Waals surface area contributed by atoms with Crippen LogP contribution in [-0.4, -0.2) is 13.2 Å². The highest BCUT2D eigenvalue weighted by Gasteiger charge is 2.17. The molecule has 0 amide bonds. The molecule has 0 aliphatic carbocycles. The standard InChI is InChI=1S/C16H19BrClNOS/c1-3-9-19-16(14-7-8-15(18)21-14)11-5-6-13(20-4-2)12(17)10-11/h5-8,10,16,19H,3-4,9H2,1-2H3. The Labute approximate surface area is 143 Å². The zero-order chi connectivity index (χ0) is 15.2. The Morgan fingerprint density at radius 2 is 2.10 bits per heavy atom. The van der Waals surface area contributed by atoms with Crippen LogP contribution >= 0.6 is 38.9 Å². The zero-order valence-corrected chi connectivity index (χ0v) is 15.3. The van der Waals surface area contributed by atoms with Gasteiger partial charge < -0.3 is 10.1 Å². The third kappa shape index (κ3) is 4.46. The second kappa shape index (κ2) is 8.18. The van der Waals surface area contributed by atoms with Gasteiger partial charge in [-0.05, 0) is 65.6 Å². The summed E-state index contributed by atoms with van der Waals surface area (Å²) >= 11 is 11.3. The summed E-state index contributed by atoms with van der Waals surface area (Å²) in [6.07, 6.45) is 1.09. The summed E-state index contributed by atoms with van der Waals surface area (Å²) in [5.41, 5.74) is 1.21. The maximum absolute atomic E-state index is 6.09. The van der Waals surface area contributed by atoms with E-state index in [1.165, 1.54) is 10.4 Å². The van der Waals surface area contributed by atoms with E-state index in [0.717, 1.165) is 27.5 Å². The fraction of sp³-hybridized carbons (Fsp3) is 0.375. The molecule has 2 nitrogen and oxygen atoms in total. The quantitative estimate of drug-likeness (QED) is 0.661. The maximum Gasteiger partial charge on any atom is 0.133 e. The van der Waals surface area contributed by atoms with Crippen LogP contribution in [-0.2, 0) is 0 Å². The normalized spacial score (nSPS) is 12.4. The number of ether oxygens (including phenoxy) is 1. The van der Waals surface area contributed by atoms with Crippen molar-refractivity contribution in [3.63, 3.8) is 0 Å². The molecule has 1 aromatic carbocycles. The molecule has 0 aliphatic rings. The Kier molecular flexibility index (Phi) is 6.55. The largest absolute Gasteiger partial charge is 0.493 e. The van der Waals surface area contributed by atoms with Crippen molar-refractivity contribution in [3.8, 4) is 5.75 Å². The number of nitrogens with one attached hydrogen (secondary N) is 1. The van der Waals surface area contributed by atoms with Crippen molar-refractivity contribution in [1.82, 2.24) is 5.32 Å². The van der Waals surface area contributed by atoms with Crippen LogP contribution in [0.1, 0.15) is 36.8 Å². The molecule has 1 unspecified atom stereocenters. The predicted molar refractivity (Wildman–Crippen MR) is 94.8 cm³/mol. The van der Waals surface area contributed by atoms with Crippen LogP contribution in [0.4, 0.5) is 0 Å². The highest BCUT2D eigenvalue weighted by atomic mass is 79.9. The Balaban J connectivity index is 2.30. The molecule has 0 aliphatic heterocycles. The number of thiophene rings is 1. The summed E-state index contributed by atoms with van der Waals surface area (Å²) in [7, 11) is 0. The van der Waals surface area contributed by atoms with E-state index in [9.17, 15) is 0 Å². The summed E-state index contributed by atoms with van der Waals surface area (Å²) in [5, 5.41) is 3.58. The molecule has 1 aromatic heterocycles. The van der Waals surface area contributed by atoms with Gasteiger partial charge in [-0.1, -0.05) is 24.6 Å². The van der Waals surface area contributed by atoms with Crippen molar-refractivity contribution < 1.29 is 4.74 Å². The lowest BCUT2D eigenvalue weighted by Gasteiger charge is -2.19. The molecule has 0 saturated carbocycles.